The molecule has 1 heterocycles. The second-order valence-electron chi connectivity index (χ2n) is 3.67. The van der Waals surface area contributed by atoms with Crippen molar-refractivity contribution in [1.82, 2.24) is 0 Å². The quantitative estimate of drug-likeness (QED) is 0.600. The fraction of sp³-hybridized carbons (Fsp3) is 0.600. The number of rotatable bonds is 1. The third-order valence-electron chi connectivity index (χ3n) is 3.08. The molecule has 0 nitrogen and oxygen atoms in total. The number of hydrogen-bond acceptors (Lipinski definition) is 1. The Morgan fingerprint density at radius 1 is 1.64 bits per heavy atom. The minimum Gasteiger partial charge on any atom is -0.149 e. The first-order chi connectivity index (χ1) is 5.26. The minimum atomic E-state index is 0.509. The van der Waals surface area contributed by atoms with Gasteiger partial charge in [0.2, 0.25) is 0 Å². The molecule has 1 aromatic rings. The van der Waals surface area contributed by atoms with Gasteiger partial charge in [0.15, 0.2) is 0 Å². The smallest absolute Gasteiger partial charge is 0.00830 e. The van der Waals surface area contributed by atoms with Crippen LogP contribution in [0.2, 0.25) is 0 Å². The van der Waals surface area contributed by atoms with Crippen LogP contribution in [0.4, 0.5) is 0 Å². The molecule has 0 aliphatic heterocycles. The van der Waals surface area contributed by atoms with Gasteiger partial charge in [-0.2, -0.15) is 0 Å². The molecule has 0 saturated carbocycles. The van der Waals surface area contributed by atoms with Crippen LogP contribution < -0.4 is 0 Å². The highest BCUT2D eigenvalue weighted by Crippen LogP contribution is 2.43. The predicted octanol–water partition coefficient (Wildman–Crippen LogP) is 3.36. The van der Waals surface area contributed by atoms with Crippen LogP contribution in [0.25, 0.3) is 0 Å². The van der Waals surface area contributed by atoms with E-state index in [9.17, 15) is 0 Å². The van der Waals surface area contributed by atoms with Gasteiger partial charge in [-0.05, 0) is 41.7 Å². The SMILES string of the molecule is CCC1(C)CCc2sccc21. The van der Waals surface area contributed by atoms with Gasteiger partial charge in [-0.1, -0.05) is 13.8 Å². The van der Waals surface area contributed by atoms with Crippen LogP contribution >= 0.6 is 11.3 Å². The Morgan fingerprint density at radius 2 is 2.45 bits per heavy atom. The standard InChI is InChI=1S/C10H14S/c1-3-10(2)6-4-9-8(10)5-7-11-9/h5,7H,3-4,6H2,1-2H3. The third kappa shape index (κ3) is 0.943. The molecule has 0 saturated heterocycles. The molecule has 11 heavy (non-hydrogen) atoms. The molecule has 0 fully saturated rings. The van der Waals surface area contributed by atoms with Crippen molar-refractivity contribution in [3.05, 3.63) is 21.9 Å². The maximum Gasteiger partial charge on any atom is 0.00830 e. The first-order valence-corrected chi connectivity index (χ1v) is 5.21. The van der Waals surface area contributed by atoms with Gasteiger partial charge in [0, 0.05) is 4.88 Å². The molecule has 0 amide bonds. The van der Waals surface area contributed by atoms with Crippen LogP contribution in [0.5, 0.6) is 0 Å². The molecule has 1 heteroatoms. The zero-order chi connectivity index (χ0) is 7.90. The van der Waals surface area contributed by atoms with Gasteiger partial charge >= 0.3 is 0 Å². The van der Waals surface area contributed by atoms with E-state index in [1.54, 1.807) is 10.4 Å². The molecule has 1 unspecified atom stereocenters. The van der Waals surface area contributed by atoms with Gasteiger partial charge in [0.25, 0.3) is 0 Å². The van der Waals surface area contributed by atoms with Crippen molar-refractivity contribution in [2.75, 3.05) is 0 Å². The van der Waals surface area contributed by atoms with Gasteiger partial charge in [0.1, 0.15) is 0 Å². The summed E-state index contributed by atoms with van der Waals surface area (Å²) in [5, 5.41) is 2.23. The number of thiophene rings is 1. The van der Waals surface area contributed by atoms with Crippen LogP contribution in [0.3, 0.4) is 0 Å². The van der Waals surface area contributed by atoms with Gasteiger partial charge in [-0.25, -0.2) is 0 Å². The highest BCUT2D eigenvalue weighted by atomic mass is 32.1. The van der Waals surface area contributed by atoms with Gasteiger partial charge in [-0.3, -0.25) is 0 Å². The molecule has 0 radical (unpaired) electrons. The Morgan fingerprint density at radius 3 is 3.18 bits per heavy atom. The maximum atomic E-state index is 2.39. The summed E-state index contributed by atoms with van der Waals surface area (Å²) in [7, 11) is 0. The van der Waals surface area contributed by atoms with E-state index in [0.29, 0.717) is 5.41 Å². The lowest BCUT2D eigenvalue weighted by molar-refractivity contribution is 0.453. The highest BCUT2D eigenvalue weighted by molar-refractivity contribution is 7.10. The van der Waals surface area contributed by atoms with Crippen molar-refractivity contribution in [2.45, 2.75) is 38.5 Å². The van der Waals surface area contributed by atoms with E-state index in [0.717, 1.165) is 0 Å². The van der Waals surface area contributed by atoms with Crippen LogP contribution in [-0.4, -0.2) is 0 Å². The van der Waals surface area contributed by atoms with Gasteiger partial charge in [-0.15, -0.1) is 11.3 Å². The second-order valence-corrected chi connectivity index (χ2v) is 4.67. The summed E-state index contributed by atoms with van der Waals surface area (Å²) >= 11 is 1.93. The van der Waals surface area contributed by atoms with Crippen molar-refractivity contribution in [1.29, 1.82) is 0 Å². The van der Waals surface area contributed by atoms with E-state index < -0.39 is 0 Å². The average Bonchev–Trinajstić information content (AvgIpc) is 2.55. The number of hydrogen-bond donors (Lipinski definition) is 0. The lowest BCUT2D eigenvalue weighted by Gasteiger charge is -2.21. The zero-order valence-electron chi connectivity index (χ0n) is 7.18. The first-order valence-electron chi connectivity index (χ1n) is 4.33. The molecular formula is C10H14S. The Kier molecular flexibility index (Phi) is 1.57. The Labute approximate surface area is 72.3 Å². The second kappa shape index (κ2) is 2.34. The molecule has 0 N–H and O–H groups in total. The fourth-order valence-corrected chi connectivity index (χ4v) is 2.99. The fourth-order valence-electron chi connectivity index (χ4n) is 1.96. The van der Waals surface area contributed by atoms with E-state index in [2.05, 4.69) is 25.3 Å². The summed E-state index contributed by atoms with van der Waals surface area (Å²) in [6.07, 6.45) is 3.97. The summed E-state index contributed by atoms with van der Waals surface area (Å²) in [4.78, 5) is 1.63. The molecule has 2 rings (SSSR count). The van der Waals surface area contributed by atoms with Crippen LogP contribution in [0, 0.1) is 0 Å². The topological polar surface area (TPSA) is 0 Å². The first kappa shape index (κ1) is 7.35. The van der Waals surface area contributed by atoms with Crippen LogP contribution in [-0.2, 0) is 11.8 Å². The number of fused-ring (bicyclic) bond motifs is 1. The van der Waals surface area contributed by atoms with E-state index in [1.165, 1.54) is 19.3 Å². The molecule has 0 spiro atoms. The average molecular weight is 166 g/mol. The Hall–Kier alpha value is -0.300. The van der Waals surface area contributed by atoms with E-state index >= 15 is 0 Å². The molecule has 1 aromatic heterocycles. The summed E-state index contributed by atoms with van der Waals surface area (Å²) in [6, 6.07) is 2.32. The summed E-state index contributed by atoms with van der Waals surface area (Å²) in [6.45, 7) is 4.69. The molecule has 0 aromatic carbocycles. The van der Waals surface area contributed by atoms with Crippen molar-refractivity contribution in [3.63, 3.8) is 0 Å². The normalized spacial score (nSPS) is 28.9. The summed E-state index contributed by atoms with van der Waals surface area (Å²) < 4.78 is 0. The van der Waals surface area contributed by atoms with Crippen LogP contribution in [0.15, 0.2) is 11.4 Å². The molecule has 0 bridgehead atoms. The van der Waals surface area contributed by atoms with Crippen molar-refractivity contribution < 1.29 is 0 Å². The van der Waals surface area contributed by atoms with Crippen LogP contribution in [0.1, 0.15) is 37.1 Å². The minimum absolute atomic E-state index is 0.509. The van der Waals surface area contributed by atoms with E-state index in [1.807, 2.05) is 11.3 Å². The molecule has 1 aliphatic carbocycles. The predicted molar refractivity (Wildman–Crippen MR) is 50.3 cm³/mol. The molecule has 1 atom stereocenters. The lowest BCUT2D eigenvalue weighted by atomic mass is 9.83. The Balaban J connectivity index is 2.45. The summed E-state index contributed by atoms with van der Waals surface area (Å²) in [5.41, 5.74) is 2.14. The van der Waals surface area contributed by atoms with E-state index in [-0.39, 0.29) is 0 Å². The third-order valence-corrected chi connectivity index (χ3v) is 4.06. The Bertz CT molecular complexity index is 262. The highest BCUT2D eigenvalue weighted by Gasteiger charge is 2.32. The lowest BCUT2D eigenvalue weighted by Crippen LogP contribution is -2.15. The maximum absolute atomic E-state index is 2.39. The monoisotopic (exact) mass is 166 g/mol. The molecular weight excluding hydrogens is 152 g/mol. The van der Waals surface area contributed by atoms with Crippen molar-refractivity contribution in [3.8, 4) is 0 Å². The van der Waals surface area contributed by atoms with E-state index in [4.69, 9.17) is 0 Å². The zero-order valence-corrected chi connectivity index (χ0v) is 8.00. The molecule has 60 valence electrons. The van der Waals surface area contributed by atoms with Gasteiger partial charge < -0.3 is 0 Å². The van der Waals surface area contributed by atoms with Crippen molar-refractivity contribution >= 4 is 11.3 Å². The summed E-state index contributed by atoms with van der Waals surface area (Å²) in [5.74, 6) is 0. The molecule has 1 aliphatic rings. The van der Waals surface area contributed by atoms with Crippen molar-refractivity contribution in [2.24, 2.45) is 0 Å². The van der Waals surface area contributed by atoms with Gasteiger partial charge in [0.05, 0.1) is 0 Å². The number of aryl methyl sites for hydroxylation is 1. The largest absolute Gasteiger partial charge is 0.149 e.